The van der Waals surface area contributed by atoms with Crippen LogP contribution in [0.3, 0.4) is 0 Å². The predicted molar refractivity (Wildman–Crippen MR) is 22.1 cm³/mol. The Morgan fingerprint density at radius 2 is 0.667 bits per heavy atom. The molecule has 6 heteroatoms. The Kier molecular flexibility index (Phi) is 458. The van der Waals surface area contributed by atoms with Gasteiger partial charge in [0.15, 0.2) is 0 Å². The molecule has 0 amide bonds. The van der Waals surface area contributed by atoms with Crippen LogP contribution in [0.4, 0.5) is 0 Å². The fraction of sp³-hybridized carbons (Fsp3) is 0. The molecule has 0 spiro atoms. The maximum Gasteiger partial charge on any atom is 6.00 e. The van der Waals surface area contributed by atoms with E-state index in [1.165, 1.54) is 0 Å². The molecule has 6 heavy (non-hydrogen) atoms. The second-order valence-electron chi connectivity index (χ2n) is 0. The van der Waals surface area contributed by atoms with Crippen LogP contribution in [0.1, 0.15) is 0 Å². The van der Waals surface area contributed by atoms with E-state index >= 15 is 0 Å². The molecule has 0 aromatic rings. The van der Waals surface area contributed by atoms with Gasteiger partial charge in [0.1, 0.15) is 0 Å². The Balaban J connectivity index is 0. The van der Waals surface area contributed by atoms with Crippen molar-refractivity contribution < 1.29 is 61.0 Å². The SMILES string of the molecule is [Mo+6].[Re].[Rh].[S-2].[S-2].[S-2]. The summed E-state index contributed by atoms with van der Waals surface area (Å²) in [6.45, 7) is 0. The van der Waals surface area contributed by atoms with Crippen LogP contribution in [0.15, 0.2) is 0 Å². The number of hydrogen-bond acceptors (Lipinski definition) is 0. The van der Waals surface area contributed by atoms with Gasteiger partial charge in [-0.15, -0.1) is 0 Å². The van der Waals surface area contributed by atoms with E-state index in [0.29, 0.717) is 0 Å². The minimum Gasteiger partial charge on any atom is -2.00 e. The summed E-state index contributed by atoms with van der Waals surface area (Å²) in [7, 11) is 0. The van der Waals surface area contributed by atoms with Crippen molar-refractivity contribution >= 4 is 40.5 Å². The van der Waals surface area contributed by atoms with Crippen molar-refractivity contribution in [3.63, 3.8) is 0 Å². The summed E-state index contributed by atoms with van der Waals surface area (Å²) < 4.78 is 0. The Morgan fingerprint density at radius 3 is 0.667 bits per heavy atom. The Morgan fingerprint density at radius 1 is 0.667 bits per heavy atom. The second kappa shape index (κ2) is 43.3. The standard InChI is InChI=1S/Mo.Re.Rh.3S/q+6;;;3*-2. The van der Waals surface area contributed by atoms with Gasteiger partial charge in [0.05, 0.1) is 0 Å². The van der Waals surface area contributed by atoms with Crippen LogP contribution in [0.25, 0.3) is 0 Å². The zero-order valence-corrected chi connectivity index (χ0v) is 11.2. The van der Waals surface area contributed by atoms with E-state index in [1.807, 2.05) is 0 Å². The first-order valence-electron chi connectivity index (χ1n) is 0. The first kappa shape index (κ1) is 63.5. The summed E-state index contributed by atoms with van der Waals surface area (Å²) in [5, 5.41) is 0. The Bertz CT molecular complexity index is 10.8. The third kappa shape index (κ3) is 27.9. The van der Waals surface area contributed by atoms with Crippen molar-refractivity contribution in [2.75, 3.05) is 0 Å². The summed E-state index contributed by atoms with van der Waals surface area (Å²) in [6.07, 6.45) is 0. The van der Waals surface area contributed by atoms with E-state index in [2.05, 4.69) is 0 Å². The molecule has 0 rings (SSSR count). The summed E-state index contributed by atoms with van der Waals surface area (Å²) in [4.78, 5) is 0. The Labute approximate surface area is 100.0 Å². The van der Waals surface area contributed by atoms with Gasteiger partial charge in [-0.25, -0.2) is 0 Å². The minimum atomic E-state index is 0. The molecule has 0 aliphatic heterocycles. The molecule has 0 aliphatic carbocycles. The van der Waals surface area contributed by atoms with Gasteiger partial charge in [0, 0.05) is 39.9 Å². The van der Waals surface area contributed by atoms with Crippen molar-refractivity contribution in [3.8, 4) is 0 Å². The summed E-state index contributed by atoms with van der Waals surface area (Å²) >= 11 is 0. The fourth-order valence-corrected chi connectivity index (χ4v) is 0. The molecule has 2 radical (unpaired) electrons. The first-order chi connectivity index (χ1) is 0. The molecular formula is MoReRhS3. The van der Waals surface area contributed by atoms with E-state index < -0.39 is 0 Å². The van der Waals surface area contributed by atoms with E-state index in [9.17, 15) is 0 Å². The minimum absolute atomic E-state index is 0. The van der Waals surface area contributed by atoms with Crippen LogP contribution in [0, 0.1) is 0 Å². The molecule has 0 saturated heterocycles. The molecule has 0 N–H and O–H groups in total. The van der Waals surface area contributed by atoms with Gasteiger partial charge in [-0.3, -0.25) is 0 Å². The molecule has 0 aliphatic rings. The normalized spacial score (nSPS) is 0. The fourth-order valence-electron chi connectivity index (χ4n) is 0. The smallest absolute Gasteiger partial charge is 2.00 e. The molecule has 0 nitrogen and oxygen atoms in total. The van der Waals surface area contributed by atoms with Gasteiger partial charge >= 0.3 is 21.1 Å². The summed E-state index contributed by atoms with van der Waals surface area (Å²) in [5.41, 5.74) is 0. The zero-order chi connectivity index (χ0) is 0. The molecule has 0 bridgehead atoms. The van der Waals surface area contributed by atoms with Crippen molar-refractivity contribution in [2.45, 2.75) is 0 Å². The Hall–Kier alpha value is 3.02. The molecule has 0 saturated carbocycles. The number of hydrogen-bond donors (Lipinski definition) is 0. The van der Waals surface area contributed by atoms with Crippen LogP contribution >= 0.6 is 0 Å². The van der Waals surface area contributed by atoms with Gasteiger partial charge in [-0.2, -0.15) is 0 Å². The van der Waals surface area contributed by atoms with Gasteiger partial charge in [0.25, 0.3) is 0 Å². The average Bonchev–Trinajstić information content (AvgIpc) is 0. The van der Waals surface area contributed by atoms with Crippen molar-refractivity contribution in [3.05, 3.63) is 0 Å². The zero-order valence-electron chi connectivity index (χ0n) is 2.34. The molecule has 0 heterocycles. The monoisotopic (exact) mass is 484 g/mol. The van der Waals surface area contributed by atoms with Crippen molar-refractivity contribution in [1.29, 1.82) is 0 Å². The first-order valence-corrected chi connectivity index (χ1v) is 0. The van der Waals surface area contributed by atoms with E-state index in [-0.39, 0.29) is 101 Å². The van der Waals surface area contributed by atoms with Crippen LogP contribution in [0.5, 0.6) is 0 Å². The molecule has 0 aromatic heterocycles. The van der Waals surface area contributed by atoms with Crippen molar-refractivity contribution in [1.82, 2.24) is 0 Å². The summed E-state index contributed by atoms with van der Waals surface area (Å²) in [5.74, 6) is 0. The molecule has 0 aromatic carbocycles. The van der Waals surface area contributed by atoms with Gasteiger partial charge in [-0.1, -0.05) is 0 Å². The van der Waals surface area contributed by atoms with Gasteiger partial charge in [0.2, 0.25) is 0 Å². The van der Waals surface area contributed by atoms with Crippen LogP contribution in [0.2, 0.25) is 0 Å². The van der Waals surface area contributed by atoms with E-state index in [0.717, 1.165) is 0 Å². The third-order valence-electron chi connectivity index (χ3n) is 0. The molecule has 0 unspecified atom stereocenters. The molecule has 0 atom stereocenters. The van der Waals surface area contributed by atoms with E-state index in [4.69, 9.17) is 0 Å². The molecule has 40 valence electrons. The van der Waals surface area contributed by atoms with Gasteiger partial charge < -0.3 is 40.5 Å². The van der Waals surface area contributed by atoms with Crippen LogP contribution < -0.4 is 0 Å². The summed E-state index contributed by atoms with van der Waals surface area (Å²) in [6, 6.07) is 0. The molecular weight excluding hydrogens is 481 g/mol. The maximum absolute atomic E-state index is 0. The topological polar surface area (TPSA) is 0 Å². The number of rotatable bonds is 0. The van der Waals surface area contributed by atoms with Crippen molar-refractivity contribution in [2.24, 2.45) is 0 Å². The largest absolute Gasteiger partial charge is 6.00 e. The average molecular weight is 481 g/mol. The van der Waals surface area contributed by atoms with E-state index in [1.54, 1.807) is 0 Å². The second-order valence-corrected chi connectivity index (χ2v) is 0. The van der Waals surface area contributed by atoms with Crippen LogP contribution in [-0.2, 0) is 101 Å². The van der Waals surface area contributed by atoms with Crippen LogP contribution in [-0.4, -0.2) is 0 Å². The molecule has 0 fully saturated rings. The van der Waals surface area contributed by atoms with Gasteiger partial charge in [-0.05, 0) is 0 Å². The maximum atomic E-state index is 0. The quantitative estimate of drug-likeness (QED) is 0.428. The predicted octanol–water partition coefficient (Wildman–Crippen LogP) is -0.0147. The third-order valence-corrected chi connectivity index (χ3v) is 0.